The molecule has 0 N–H and O–H groups in total. The van der Waals surface area contributed by atoms with Gasteiger partial charge in [-0.2, -0.15) is 0 Å². The van der Waals surface area contributed by atoms with Crippen molar-refractivity contribution in [2.24, 2.45) is 0 Å². The van der Waals surface area contributed by atoms with E-state index in [1.54, 1.807) is 0 Å². The van der Waals surface area contributed by atoms with Crippen LogP contribution in [0.3, 0.4) is 0 Å². The lowest BCUT2D eigenvalue weighted by Crippen LogP contribution is -1.92. The second-order valence-electron chi connectivity index (χ2n) is 2.91. The maximum absolute atomic E-state index is 13.3. The van der Waals surface area contributed by atoms with Crippen LogP contribution in [-0.2, 0) is 5.75 Å². The van der Waals surface area contributed by atoms with Crippen LogP contribution in [0.4, 0.5) is 8.78 Å². The number of rotatable bonds is 3. The van der Waals surface area contributed by atoms with Crippen LogP contribution in [0.5, 0.6) is 0 Å². The molecule has 0 atom stereocenters. The van der Waals surface area contributed by atoms with Crippen molar-refractivity contribution in [1.29, 1.82) is 0 Å². The minimum absolute atomic E-state index is 0.116. The lowest BCUT2D eigenvalue weighted by Gasteiger charge is -2.04. The summed E-state index contributed by atoms with van der Waals surface area (Å²) < 4.78 is 31.4. The van der Waals surface area contributed by atoms with E-state index in [1.807, 2.05) is 0 Å². The molecule has 0 aliphatic carbocycles. The zero-order valence-electron chi connectivity index (χ0n) is 7.91. The summed E-state index contributed by atoms with van der Waals surface area (Å²) >= 11 is 6.81. The van der Waals surface area contributed by atoms with E-state index in [0.29, 0.717) is 5.22 Å². The van der Waals surface area contributed by atoms with Gasteiger partial charge in [-0.15, -0.1) is 0 Å². The van der Waals surface area contributed by atoms with E-state index in [2.05, 4.69) is 4.98 Å². The molecule has 0 bridgehead atoms. The van der Waals surface area contributed by atoms with Crippen LogP contribution in [-0.4, -0.2) is 4.98 Å². The van der Waals surface area contributed by atoms with E-state index >= 15 is 0 Å². The van der Waals surface area contributed by atoms with E-state index in [-0.39, 0.29) is 16.3 Å². The smallest absolute Gasteiger partial charge is 0.255 e. The quantitative estimate of drug-likeness (QED) is 0.619. The SMILES string of the molecule is Fc1ccc(F)c(CSc2ncco2)c1Cl. The highest BCUT2D eigenvalue weighted by Gasteiger charge is 2.13. The third-order valence-electron chi connectivity index (χ3n) is 1.89. The average molecular weight is 262 g/mol. The van der Waals surface area contributed by atoms with Gasteiger partial charge >= 0.3 is 0 Å². The summed E-state index contributed by atoms with van der Waals surface area (Å²) in [6.45, 7) is 0. The van der Waals surface area contributed by atoms with Crippen LogP contribution in [0.2, 0.25) is 5.02 Å². The predicted molar refractivity (Wildman–Crippen MR) is 57.4 cm³/mol. The summed E-state index contributed by atoms with van der Waals surface area (Å²) in [6.07, 6.45) is 2.89. The topological polar surface area (TPSA) is 26.0 Å². The van der Waals surface area contributed by atoms with Crippen molar-refractivity contribution in [2.75, 3.05) is 0 Å². The molecule has 0 fully saturated rings. The normalized spacial score (nSPS) is 10.7. The van der Waals surface area contributed by atoms with Gasteiger partial charge in [-0.25, -0.2) is 13.8 Å². The Hall–Kier alpha value is -1.07. The maximum atomic E-state index is 13.3. The second kappa shape index (κ2) is 4.84. The summed E-state index contributed by atoms with van der Waals surface area (Å²) in [7, 11) is 0. The third-order valence-corrected chi connectivity index (χ3v) is 3.18. The highest BCUT2D eigenvalue weighted by Crippen LogP contribution is 2.29. The largest absolute Gasteiger partial charge is 0.440 e. The molecule has 0 saturated carbocycles. The molecular formula is C10H6ClF2NOS. The fourth-order valence-corrected chi connectivity index (χ4v) is 2.23. The Balaban J connectivity index is 2.18. The molecule has 1 heterocycles. The monoisotopic (exact) mass is 261 g/mol. The number of hydrogen-bond donors (Lipinski definition) is 0. The average Bonchev–Trinajstić information content (AvgIpc) is 2.77. The third kappa shape index (κ3) is 2.36. The molecule has 2 aromatic rings. The van der Waals surface area contributed by atoms with E-state index < -0.39 is 11.6 Å². The molecule has 0 spiro atoms. The van der Waals surface area contributed by atoms with Crippen LogP contribution >= 0.6 is 23.4 Å². The van der Waals surface area contributed by atoms with Gasteiger partial charge in [0, 0.05) is 11.3 Å². The van der Waals surface area contributed by atoms with Gasteiger partial charge in [-0.3, -0.25) is 0 Å². The summed E-state index contributed by atoms with van der Waals surface area (Å²) in [5.74, 6) is -1.00. The number of benzene rings is 1. The molecule has 0 radical (unpaired) electrons. The van der Waals surface area contributed by atoms with Crippen LogP contribution in [0.1, 0.15) is 5.56 Å². The zero-order chi connectivity index (χ0) is 11.5. The van der Waals surface area contributed by atoms with Gasteiger partial charge in [0.05, 0.1) is 11.2 Å². The molecule has 2 rings (SSSR count). The van der Waals surface area contributed by atoms with Gasteiger partial charge in [0.1, 0.15) is 17.9 Å². The molecule has 0 saturated heterocycles. The second-order valence-corrected chi connectivity index (χ2v) is 4.21. The van der Waals surface area contributed by atoms with Crippen molar-refractivity contribution in [3.8, 4) is 0 Å². The molecule has 0 unspecified atom stereocenters. The number of nitrogens with zero attached hydrogens (tertiary/aromatic N) is 1. The minimum Gasteiger partial charge on any atom is -0.440 e. The first-order valence-electron chi connectivity index (χ1n) is 4.33. The van der Waals surface area contributed by atoms with Crippen molar-refractivity contribution >= 4 is 23.4 Å². The summed E-state index contributed by atoms with van der Waals surface area (Å²) in [6, 6.07) is 2.05. The van der Waals surface area contributed by atoms with Gasteiger partial charge in [-0.1, -0.05) is 23.4 Å². The van der Waals surface area contributed by atoms with E-state index in [9.17, 15) is 8.78 Å². The lowest BCUT2D eigenvalue weighted by atomic mass is 10.2. The van der Waals surface area contributed by atoms with Crippen LogP contribution in [0.25, 0.3) is 0 Å². The predicted octanol–water partition coefficient (Wildman–Crippen LogP) is 3.90. The number of thioether (sulfide) groups is 1. The Bertz CT molecular complexity index is 490. The van der Waals surface area contributed by atoms with Crippen molar-refractivity contribution < 1.29 is 13.2 Å². The molecule has 2 nitrogen and oxygen atoms in total. The van der Waals surface area contributed by atoms with E-state index in [1.165, 1.54) is 12.5 Å². The molecule has 0 aliphatic rings. The Morgan fingerprint density at radius 2 is 2.06 bits per heavy atom. The number of oxazole rings is 1. The fourth-order valence-electron chi connectivity index (χ4n) is 1.12. The van der Waals surface area contributed by atoms with Crippen molar-refractivity contribution in [3.63, 3.8) is 0 Å². The summed E-state index contributed by atoms with van der Waals surface area (Å²) in [5.41, 5.74) is 0.116. The van der Waals surface area contributed by atoms with Crippen LogP contribution < -0.4 is 0 Å². The first-order chi connectivity index (χ1) is 7.68. The molecular weight excluding hydrogens is 256 g/mol. The van der Waals surface area contributed by atoms with Gasteiger partial charge in [-0.05, 0) is 12.1 Å². The van der Waals surface area contributed by atoms with Gasteiger partial charge < -0.3 is 4.42 Å². The molecule has 1 aromatic heterocycles. The van der Waals surface area contributed by atoms with Gasteiger partial charge in [0.25, 0.3) is 5.22 Å². The van der Waals surface area contributed by atoms with Crippen molar-refractivity contribution in [3.05, 3.63) is 46.8 Å². The number of hydrogen-bond acceptors (Lipinski definition) is 3. The number of halogens is 3. The zero-order valence-corrected chi connectivity index (χ0v) is 9.49. The van der Waals surface area contributed by atoms with Crippen molar-refractivity contribution in [1.82, 2.24) is 4.98 Å². The van der Waals surface area contributed by atoms with Gasteiger partial charge in [0.2, 0.25) is 0 Å². The fraction of sp³-hybridized carbons (Fsp3) is 0.100. The molecule has 84 valence electrons. The first kappa shape index (κ1) is 11.4. The highest BCUT2D eigenvalue weighted by molar-refractivity contribution is 7.98. The Labute approximate surface area is 99.6 Å². The molecule has 0 amide bonds. The van der Waals surface area contributed by atoms with Gasteiger partial charge in [0.15, 0.2) is 0 Å². The van der Waals surface area contributed by atoms with Crippen LogP contribution in [0, 0.1) is 11.6 Å². The minimum atomic E-state index is -0.633. The van der Waals surface area contributed by atoms with E-state index in [4.69, 9.17) is 16.0 Å². The summed E-state index contributed by atoms with van der Waals surface area (Å²) in [4.78, 5) is 3.85. The number of aromatic nitrogens is 1. The first-order valence-corrected chi connectivity index (χ1v) is 5.69. The molecule has 1 aromatic carbocycles. The maximum Gasteiger partial charge on any atom is 0.255 e. The Morgan fingerprint density at radius 3 is 2.75 bits per heavy atom. The molecule has 0 aliphatic heterocycles. The molecule has 6 heteroatoms. The van der Waals surface area contributed by atoms with Crippen molar-refractivity contribution in [2.45, 2.75) is 11.0 Å². The Kier molecular flexibility index (Phi) is 3.46. The highest BCUT2D eigenvalue weighted by atomic mass is 35.5. The van der Waals surface area contributed by atoms with Crippen LogP contribution in [0.15, 0.2) is 34.2 Å². The Morgan fingerprint density at radius 1 is 1.31 bits per heavy atom. The van der Waals surface area contributed by atoms with E-state index in [0.717, 1.165) is 23.9 Å². The standard InChI is InChI=1S/C10H6ClF2NOS/c11-9-6(7(12)1-2-8(9)13)5-16-10-14-3-4-15-10/h1-4H,5H2. The lowest BCUT2D eigenvalue weighted by molar-refractivity contribution is 0.454. The molecule has 16 heavy (non-hydrogen) atoms. The summed E-state index contributed by atoms with van der Waals surface area (Å²) in [5, 5.41) is 0.193.